The number of amides is 1. The molecule has 1 aromatic carbocycles. The Morgan fingerprint density at radius 2 is 1.96 bits per heavy atom. The first-order chi connectivity index (χ1) is 13.7. The summed E-state index contributed by atoms with van der Waals surface area (Å²) in [6.07, 6.45) is 6.08. The monoisotopic (exact) mass is 377 g/mol. The van der Waals surface area contributed by atoms with Gasteiger partial charge in [0.25, 0.3) is 5.91 Å². The van der Waals surface area contributed by atoms with E-state index < -0.39 is 0 Å². The standard InChI is InChI=1S/C21H23N5O2/c1-25-10-7-17-19(23-14-22-17)21(25)8-11-26(12-9-21)20(27)16-13-24-28-18(16)15-5-3-2-4-6-15/h2-6,13-14H,7-12H2,1H3,(H,22,23). The van der Waals surface area contributed by atoms with Gasteiger partial charge in [-0.15, -0.1) is 0 Å². The van der Waals surface area contributed by atoms with E-state index in [2.05, 4.69) is 27.1 Å². The maximum Gasteiger partial charge on any atom is 0.259 e. The van der Waals surface area contributed by atoms with Crippen LogP contribution in [0.4, 0.5) is 0 Å². The summed E-state index contributed by atoms with van der Waals surface area (Å²) in [7, 11) is 2.17. The van der Waals surface area contributed by atoms with Gasteiger partial charge >= 0.3 is 0 Å². The molecule has 2 aliphatic rings. The zero-order chi connectivity index (χ0) is 19.1. The number of nitrogens with zero attached hydrogens (tertiary/aromatic N) is 4. The Morgan fingerprint density at radius 1 is 1.18 bits per heavy atom. The number of likely N-dealkylation sites (N-methyl/N-ethyl adjacent to an activating group) is 1. The lowest BCUT2D eigenvalue weighted by atomic mass is 9.79. The molecule has 0 aliphatic carbocycles. The predicted octanol–water partition coefficient (Wildman–Crippen LogP) is 2.68. The molecule has 5 rings (SSSR count). The highest BCUT2D eigenvalue weighted by atomic mass is 16.5. The van der Waals surface area contributed by atoms with Crippen molar-refractivity contribution in [2.75, 3.05) is 26.7 Å². The van der Waals surface area contributed by atoms with E-state index in [1.165, 1.54) is 11.9 Å². The number of benzene rings is 1. The Kier molecular flexibility index (Phi) is 4.05. The van der Waals surface area contributed by atoms with E-state index in [-0.39, 0.29) is 11.4 Å². The van der Waals surface area contributed by atoms with Crippen molar-refractivity contribution >= 4 is 5.91 Å². The van der Waals surface area contributed by atoms with Crippen LogP contribution in [-0.2, 0) is 12.0 Å². The molecule has 0 bridgehead atoms. The van der Waals surface area contributed by atoms with Crippen molar-refractivity contribution in [3.8, 4) is 11.3 Å². The summed E-state index contributed by atoms with van der Waals surface area (Å²) in [6.45, 7) is 2.39. The van der Waals surface area contributed by atoms with E-state index in [1.807, 2.05) is 35.2 Å². The number of nitrogens with one attached hydrogen (secondary N) is 1. The molecular weight excluding hydrogens is 354 g/mol. The number of hydrogen-bond donors (Lipinski definition) is 1. The number of piperidine rings is 1. The lowest BCUT2D eigenvalue weighted by molar-refractivity contribution is 0.0226. The highest BCUT2D eigenvalue weighted by molar-refractivity contribution is 5.99. The minimum Gasteiger partial charge on any atom is -0.355 e. The number of likely N-dealkylation sites (tertiary alicyclic amines) is 1. The first-order valence-corrected chi connectivity index (χ1v) is 9.72. The number of rotatable bonds is 2. The summed E-state index contributed by atoms with van der Waals surface area (Å²) in [5.41, 5.74) is 3.71. The van der Waals surface area contributed by atoms with Crippen molar-refractivity contribution in [3.05, 3.63) is 59.8 Å². The fraction of sp³-hybridized carbons (Fsp3) is 0.381. The lowest BCUT2D eigenvalue weighted by Gasteiger charge is -2.49. The SMILES string of the molecule is CN1CCc2[nH]cnc2C12CCN(C(=O)c1cnoc1-c1ccccc1)CC2. The van der Waals surface area contributed by atoms with Gasteiger partial charge in [0.15, 0.2) is 5.76 Å². The second kappa shape index (κ2) is 6.60. The summed E-state index contributed by atoms with van der Waals surface area (Å²) in [6, 6.07) is 9.65. The van der Waals surface area contributed by atoms with Crippen LogP contribution in [0.2, 0.25) is 0 Å². The van der Waals surface area contributed by atoms with Crippen molar-refractivity contribution < 1.29 is 9.32 Å². The fourth-order valence-electron chi connectivity index (χ4n) is 4.65. The van der Waals surface area contributed by atoms with Gasteiger partial charge in [0.05, 0.1) is 23.8 Å². The average Bonchev–Trinajstić information content (AvgIpc) is 3.42. The van der Waals surface area contributed by atoms with Gasteiger partial charge in [-0.05, 0) is 19.9 Å². The number of aromatic nitrogens is 3. The largest absolute Gasteiger partial charge is 0.355 e. The number of carbonyl (C=O) groups excluding carboxylic acids is 1. The smallest absolute Gasteiger partial charge is 0.259 e. The number of hydrogen-bond acceptors (Lipinski definition) is 5. The molecule has 1 saturated heterocycles. The normalized spacial score (nSPS) is 19.0. The van der Waals surface area contributed by atoms with Crippen LogP contribution in [0.5, 0.6) is 0 Å². The molecule has 4 heterocycles. The molecule has 0 unspecified atom stereocenters. The van der Waals surface area contributed by atoms with Gasteiger partial charge in [0, 0.05) is 37.3 Å². The fourth-order valence-corrected chi connectivity index (χ4v) is 4.65. The Labute approximate surface area is 163 Å². The molecule has 7 heteroatoms. The maximum absolute atomic E-state index is 13.2. The van der Waals surface area contributed by atoms with Crippen LogP contribution in [0.15, 0.2) is 47.4 Å². The third kappa shape index (κ3) is 2.57. The Balaban J connectivity index is 1.38. The molecule has 2 aliphatic heterocycles. The summed E-state index contributed by atoms with van der Waals surface area (Å²) in [4.78, 5) is 25.4. The molecular formula is C21H23N5O2. The van der Waals surface area contributed by atoms with Crippen LogP contribution < -0.4 is 0 Å². The molecule has 0 radical (unpaired) electrons. The van der Waals surface area contributed by atoms with Gasteiger partial charge in [-0.2, -0.15) is 0 Å². The molecule has 0 saturated carbocycles. The number of carbonyl (C=O) groups is 1. The molecule has 0 atom stereocenters. The minimum absolute atomic E-state index is 0.0179. The molecule has 144 valence electrons. The summed E-state index contributed by atoms with van der Waals surface area (Å²) < 4.78 is 5.41. The predicted molar refractivity (Wildman–Crippen MR) is 104 cm³/mol. The number of fused-ring (bicyclic) bond motifs is 2. The summed E-state index contributed by atoms with van der Waals surface area (Å²) >= 11 is 0. The van der Waals surface area contributed by atoms with E-state index in [1.54, 1.807) is 6.33 Å². The van der Waals surface area contributed by atoms with Crippen LogP contribution in [0.25, 0.3) is 11.3 Å². The first-order valence-electron chi connectivity index (χ1n) is 9.72. The van der Waals surface area contributed by atoms with Crippen molar-refractivity contribution in [2.24, 2.45) is 0 Å². The maximum atomic E-state index is 13.2. The molecule has 2 aromatic heterocycles. The molecule has 1 N–H and O–H groups in total. The zero-order valence-electron chi connectivity index (χ0n) is 15.9. The zero-order valence-corrected chi connectivity index (χ0v) is 15.9. The van der Waals surface area contributed by atoms with Crippen LogP contribution in [0.1, 0.15) is 34.6 Å². The molecule has 1 fully saturated rings. The Hall–Kier alpha value is -2.93. The molecule has 1 spiro atoms. The Morgan fingerprint density at radius 3 is 2.75 bits per heavy atom. The van der Waals surface area contributed by atoms with Crippen molar-refractivity contribution in [1.29, 1.82) is 0 Å². The number of H-pyrrole nitrogens is 1. The van der Waals surface area contributed by atoms with Crippen molar-refractivity contribution in [1.82, 2.24) is 24.9 Å². The van der Waals surface area contributed by atoms with E-state index in [0.29, 0.717) is 24.4 Å². The Bertz CT molecular complexity index is 985. The topological polar surface area (TPSA) is 78.3 Å². The highest BCUT2D eigenvalue weighted by Crippen LogP contribution is 2.41. The first kappa shape index (κ1) is 17.2. The lowest BCUT2D eigenvalue weighted by Crippen LogP contribution is -2.55. The second-order valence-corrected chi connectivity index (χ2v) is 7.66. The minimum atomic E-state index is -0.0821. The van der Waals surface area contributed by atoms with E-state index in [0.717, 1.165) is 37.1 Å². The van der Waals surface area contributed by atoms with Gasteiger partial charge in [0.2, 0.25) is 0 Å². The second-order valence-electron chi connectivity index (χ2n) is 7.66. The van der Waals surface area contributed by atoms with E-state index >= 15 is 0 Å². The summed E-state index contributed by atoms with van der Waals surface area (Å²) in [5, 5.41) is 3.89. The van der Waals surface area contributed by atoms with Crippen molar-refractivity contribution in [3.63, 3.8) is 0 Å². The summed E-state index contributed by atoms with van der Waals surface area (Å²) in [5.74, 6) is 0.519. The van der Waals surface area contributed by atoms with E-state index in [4.69, 9.17) is 4.52 Å². The molecule has 3 aromatic rings. The van der Waals surface area contributed by atoms with Crippen LogP contribution in [0, 0.1) is 0 Å². The van der Waals surface area contributed by atoms with E-state index in [9.17, 15) is 4.79 Å². The molecule has 1 amide bonds. The molecule has 7 nitrogen and oxygen atoms in total. The van der Waals surface area contributed by atoms with Gasteiger partial charge < -0.3 is 14.4 Å². The third-order valence-electron chi connectivity index (χ3n) is 6.30. The average molecular weight is 377 g/mol. The highest BCUT2D eigenvalue weighted by Gasteiger charge is 2.45. The van der Waals surface area contributed by atoms with Crippen LogP contribution in [-0.4, -0.2) is 57.5 Å². The van der Waals surface area contributed by atoms with Gasteiger partial charge in [-0.3, -0.25) is 9.69 Å². The van der Waals surface area contributed by atoms with Crippen LogP contribution >= 0.6 is 0 Å². The number of imidazole rings is 1. The van der Waals surface area contributed by atoms with Gasteiger partial charge in [0.1, 0.15) is 5.56 Å². The number of aromatic amines is 1. The third-order valence-corrected chi connectivity index (χ3v) is 6.30. The quantitative estimate of drug-likeness (QED) is 0.743. The molecule has 28 heavy (non-hydrogen) atoms. The van der Waals surface area contributed by atoms with Crippen molar-refractivity contribution in [2.45, 2.75) is 24.8 Å². The van der Waals surface area contributed by atoms with Gasteiger partial charge in [-0.1, -0.05) is 35.5 Å². The van der Waals surface area contributed by atoms with Gasteiger partial charge in [-0.25, -0.2) is 4.98 Å². The van der Waals surface area contributed by atoms with Crippen LogP contribution in [0.3, 0.4) is 0 Å².